The topological polar surface area (TPSA) is 87.8 Å². The number of thioether (sulfide) groups is 1. The molecular weight excluding hydrogens is 455 g/mol. The highest BCUT2D eigenvalue weighted by Crippen LogP contribution is 2.24. The first kappa shape index (κ1) is 23.1. The molecule has 1 aromatic heterocycles. The fourth-order valence-corrected chi connectivity index (χ4v) is 3.92. The van der Waals surface area contributed by atoms with E-state index in [2.05, 4.69) is 16.4 Å². The zero-order valence-corrected chi connectivity index (χ0v) is 19.5. The zero-order valence-electron chi connectivity index (χ0n) is 17.1. The second kappa shape index (κ2) is 9.31. The summed E-state index contributed by atoms with van der Waals surface area (Å²) in [7, 11) is 0. The lowest BCUT2D eigenvalue weighted by Crippen LogP contribution is -2.49. The Morgan fingerprint density at radius 3 is 2.48 bits per heavy atom. The molecule has 3 rings (SSSR count). The van der Waals surface area contributed by atoms with Gasteiger partial charge in [-0.15, -0.1) is 0 Å². The number of nitrogens with one attached hydrogen (secondary N) is 1. The van der Waals surface area contributed by atoms with Crippen LogP contribution in [0.25, 0.3) is 16.6 Å². The van der Waals surface area contributed by atoms with E-state index < -0.39 is 5.54 Å². The summed E-state index contributed by atoms with van der Waals surface area (Å²) in [5.41, 5.74) is -0.256. The van der Waals surface area contributed by atoms with E-state index in [0.717, 1.165) is 11.8 Å². The molecule has 1 unspecified atom stereocenters. The highest BCUT2D eigenvalue weighted by atomic mass is 35.5. The van der Waals surface area contributed by atoms with Crippen molar-refractivity contribution in [2.45, 2.75) is 31.5 Å². The first-order valence-corrected chi connectivity index (χ1v) is 11.2. The smallest absolute Gasteiger partial charge is 0.266 e. The van der Waals surface area contributed by atoms with Gasteiger partial charge in [0.05, 0.1) is 28.4 Å². The molecule has 6 nitrogen and oxygen atoms in total. The van der Waals surface area contributed by atoms with Crippen LogP contribution in [0, 0.1) is 17.2 Å². The molecule has 0 saturated carbocycles. The Morgan fingerprint density at radius 1 is 1.23 bits per heavy atom. The molecule has 0 aliphatic carbocycles. The number of carbonyl (C=O) groups is 1. The minimum absolute atomic E-state index is 0.0178. The standard InChI is InChI=1S/C22H20Cl2N4O2S/c1-13(2)22(3,12-25)27-19(29)11-31-21-26-18-10-15(24)6-9-17(18)20(30)28(21)16-7-4-14(23)5-8-16/h4-10,13H,11H2,1-3H3,(H,27,29). The second-order valence-electron chi connectivity index (χ2n) is 7.48. The van der Waals surface area contributed by atoms with Crippen molar-refractivity contribution in [3.63, 3.8) is 0 Å². The second-order valence-corrected chi connectivity index (χ2v) is 9.29. The Morgan fingerprint density at radius 2 is 1.87 bits per heavy atom. The van der Waals surface area contributed by atoms with Gasteiger partial charge in [0.25, 0.3) is 5.56 Å². The SMILES string of the molecule is CC(C)C(C)(C#N)NC(=O)CSc1nc2cc(Cl)ccc2c(=O)n1-c1ccc(Cl)cc1. The quantitative estimate of drug-likeness (QED) is 0.407. The van der Waals surface area contributed by atoms with Crippen LogP contribution in [0.3, 0.4) is 0 Å². The van der Waals surface area contributed by atoms with Crippen molar-refractivity contribution >= 4 is 51.8 Å². The van der Waals surface area contributed by atoms with Crippen molar-refractivity contribution in [3.8, 4) is 11.8 Å². The number of benzene rings is 2. The van der Waals surface area contributed by atoms with Crippen LogP contribution in [0.2, 0.25) is 10.0 Å². The third-order valence-electron chi connectivity index (χ3n) is 5.00. The molecule has 0 saturated heterocycles. The van der Waals surface area contributed by atoms with Gasteiger partial charge in [-0.05, 0) is 55.3 Å². The number of nitrogens with zero attached hydrogens (tertiary/aromatic N) is 3. The van der Waals surface area contributed by atoms with Crippen LogP contribution in [0.4, 0.5) is 0 Å². The van der Waals surface area contributed by atoms with Crippen LogP contribution >= 0.6 is 35.0 Å². The molecule has 160 valence electrons. The van der Waals surface area contributed by atoms with Gasteiger partial charge in [-0.3, -0.25) is 14.2 Å². The Bertz CT molecular complexity index is 1240. The first-order valence-electron chi connectivity index (χ1n) is 9.48. The van der Waals surface area contributed by atoms with Gasteiger partial charge in [0.2, 0.25) is 5.91 Å². The van der Waals surface area contributed by atoms with Gasteiger partial charge in [-0.25, -0.2) is 4.98 Å². The summed E-state index contributed by atoms with van der Waals surface area (Å²) in [6, 6.07) is 13.8. The molecule has 1 amide bonds. The zero-order chi connectivity index (χ0) is 22.8. The Hall–Kier alpha value is -2.53. The fourth-order valence-electron chi connectivity index (χ4n) is 2.81. The maximum Gasteiger partial charge on any atom is 0.266 e. The molecule has 31 heavy (non-hydrogen) atoms. The predicted octanol–water partition coefficient (Wildman–Crippen LogP) is 4.84. The summed E-state index contributed by atoms with van der Waals surface area (Å²) < 4.78 is 1.44. The molecule has 0 fully saturated rings. The van der Waals surface area contributed by atoms with E-state index >= 15 is 0 Å². The molecule has 0 radical (unpaired) electrons. The minimum atomic E-state index is -0.988. The number of carbonyl (C=O) groups excluding carboxylic acids is 1. The van der Waals surface area contributed by atoms with Gasteiger partial charge in [-0.2, -0.15) is 5.26 Å². The van der Waals surface area contributed by atoms with Crippen LogP contribution in [0.15, 0.2) is 52.4 Å². The van der Waals surface area contributed by atoms with Gasteiger partial charge in [-0.1, -0.05) is 48.8 Å². The van der Waals surface area contributed by atoms with E-state index in [1.54, 1.807) is 49.4 Å². The van der Waals surface area contributed by atoms with Gasteiger partial charge >= 0.3 is 0 Å². The predicted molar refractivity (Wildman–Crippen MR) is 125 cm³/mol. The van der Waals surface area contributed by atoms with E-state index in [-0.39, 0.29) is 23.1 Å². The molecule has 3 aromatic rings. The lowest BCUT2D eigenvalue weighted by atomic mass is 9.90. The normalized spacial score (nSPS) is 13.1. The van der Waals surface area contributed by atoms with E-state index in [9.17, 15) is 14.9 Å². The molecule has 1 atom stereocenters. The lowest BCUT2D eigenvalue weighted by Gasteiger charge is -2.27. The summed E-state index contributed by atoms with van der Waals surface area (Å²) in [6.45, 7) is 5.41. The van der Waals surface area contributed by atoms with Gasteiger partial charge in [0, 0.05) is 10.0 Å². The average molecular weight is 475 g/mol. The summed E-state index contributed by atoms with van der Waals surface area (Å²) >= 11 is 13.2. The molecule has 0 spiro atoms. The van der Waals surface area contributed by atoms with Crippen molar-refractivity contribution in [1.82, 2.24) is 14.9 Å². The molecule has 9 heteroatoms. The van der Waals surface area contributed by atoms with Gasteiger partial charge in [0.1, 0.15) is 5.54 Å². The third-order valence-corrected chi connectivity index (χ3v) is 6.43. The van der Waals surface area contributed by atoms with Crippen molar-refractivity contribution < 1.29 is 4.79 Å². The maximum absolute atomic E-state index is 13.2. The van der Waals surface area contributed by atoms with E-state index in [1.165, 1.54) is 4.57 Å². The highest BCUT2D eigenvalue weighted by Gasteiger charge is 2.30. The number of hydrogen-bond acceptors (Lipinski definition) is 5. The summed E-state index contributed by atoms with van der Waals surface area (Å²) in [5, 5.41) is 13.9. The molecule has 0 bridgehead atoms. The van der Waals surface area contributed by atoms with E-state index in [1.807, 2.05) is 13.8 Å². The molecule has 0 aliphatic heterocycles. The van der Waals surface area contributed by atoms with Crippen LogP contribution < -0.4 is 10.9 Å². The third kappa shape index (κ3) is 5.04. The minimum Gasteiger partial charge on any atom is -0.337 e. The molecule has 1 N–H and O–H groups in total. The van der Waals surface area contributed by atoms with Crippen LogP contribution in [-0.4, -0.2) is 26.8 Å². The van der Waals surface area contributed by atoms with E-state index in [0.29, 0.717) is 31.8 Å². The summed E-state index contributed by atoms with van der Waals surface area (Å²) in [4.78, 5) is 30.4. The van der Waals surface area contributed by atoms with Crippen LogP contribution in [0.1, 0.15) is 20.8 Å². The summed E-state index contributed by atoms with van der Waals surface area (Å²) in [5.74, 6) is -0.415. The lowest BCUT2D eigenvalue weighted by molar-refractivity contribution is -0.120. The molecule has 2 aromatic carbocycles. The van der Waals surface area contributed by atoms with Gasteiger partial charge < -0.3 is 5.32 Å². The number of aromatic nitrogens is 2. The molecule has 1 heterocycles. The van der Waals surface area contributed by atoms with Gasteiger partial charge in [0.15, 0.2) is 5.16 Å². The summed E-state index contributed by atoms with van der Waals surface area (Å²) in [6.07, 6.45) is 0. The largest absolute Gasteiger partial charge is 0.337 e. The van der Waals surface area contributed by atoms with Crippen molar-refractivity contribution in [2.75, 3.05) is 5.75 Å². The number of hydrogen-bond donors (Lipinski definition) is 1. The van der Waals surface area contributed by atoms with Crippen molar-refractivity contribution in [2.24, 2.45) is 5.92 Å². The molecular formula is C22H20Cl2N4O2S. The van der Waals surface area contributed by atoms with Crippen molar-refractivity contribution in [3.05, 3.63) is 62.9 Å². The monoisotopic (exact) mass is 474 g/mol. The number of rotatable bonds is 6. The van der Waals surface area contributed by atoms with E-state index in [4.69, 9.17) is 23.2 Å². The highest BCUT2D eigenvalue weighted by molar-refractivity contribution is 7.99. The fraction of sp³-hybridized carbons (Fsp3) is 0.273. The Kier molecular flexibility index (Phi) is 6.95. The maximum atomic E-state index is 13.2. The number of nitriles is 1. The number of amides is 1. The van der Waals surface area contributed by atoms with Crippen LogP contribution in [0.5, 0.6) is 0 Å². The van der Waals surface area contributed by atoms with Crippen molar-refractivity contribution in [1.29, 1.82) is 5.26 Å². The Labute approximate surface area is 194 Å². The number of fused-ring (bicyclic) bond motifs is 1. The first-order chi connectivity index (χ1) is 14.6. The average Bonchev–Trinajstić information content (AvgIpc) is 2.72. The Balaban J connectivity index is 2.01. The number of halogens is 2. The molecule has 0 aliphatic rings. The van der Waals surface area contributed by atoms with Crippen LogP contribution in [-0.2, 0) is 4.79 Å².